The molecule has 0 saturated heterocycles. The molecule has 5 nitrogen and oxygen atoms in total. The Hall–Kier alpha value is -1.56. The van der Waals surface area contributed by atoms with Crippen LogP contribution in [0.3, 0.4) is 0 Å². The fourth-order valence-electron chi connectivity index (χ4n) is 0.921. The van der Waals surface area contributed by atoms with Crippen molar-refractivity contribution in [3.05, 3.63) is 17.0 Å². The largest absolute Gasteiger partial charge is 0.465 e. The van der Waals surface area contributed by atoms with Gasteiger partial charge >= 0.3 is 6.09 Å². The van der Waals surface area contributed by atoms with Crippen molar-refractivity contribution in [3.63, 3.8) is 0 Å². The highest BCUT2D eigenvalue weighted by Gasteiger charge is 2.13. The van der Waals surface area contributed by atoms with E-state index in [2.05, 4.69) is 4.98 Å². The molecule has 0 unspecified atom stereocenters. The van der Waals surface area contributed by atoms with Crippen LogP contribution in [0.25, 0.3) is 0 Å². The summed E-state index contributed by atoms with van der Waals surface area (Å²) < 4.78 is 13.1. The van der Waals surface area contributed by atoms with E-state index in [1.807, 2.05) is 5.32 Å². The highest BCUT2D eigenvalue weighted by Crippen LogP contribution is 2.27. The number of amides is 1. The molecule has 0 aromatic carbocycles. The Balaban J connectivity index is 3.18. The van der Waals surface area contributed by atoms with Crippen LogP contribution in [0.1, 0.15) is 0 Å². The predicted octanol–water partition coefficient (Wildman–Crippen LogP) is 2.03. The van der Waals surface area contributed by atoms with E-state index in [0.29, 0.717) is 0 Å². The van der Waals surface area contributed by atoms with E-state index in [1.165, 1.54) is 11.0 Å². The number of anilines is 2. The average molecular weight is 234 g/mol. The summed E-state index contributed by atoms with van der Waals surface area (Å²) in [7, 11) is 3.31. The Kier molecular flexibility index (Phi) is 3.31. The number of nitrogens with one attached hydrogen (secondary N) is 1. The number of carbonyl (C=O) groups is 1. The number of hydrogen-bond acceptors (Lipinski definition) is 3. The van der Waals surface area contributed by atoms with Gasteiger partial charge < -0.3 is 10.0 Å². The van der Waals surface area contributed by atoms with Gasteiger partial charge in [0.25, 0.3) is 0 Å². The van der Waals surface area contributed by atoms with Crippen LogP contribution in [0, 0.1) is 5.95 Å². The summed E-state index contributed by atoms with van der Waals surface area (Å²) in [5.41, 5.74) is -0.0274. The molecule has 1 aromatic heterocycles. The Bertz CT molecular complexity index is 398. The maximum absolute atomic E-state index is 13.1. The second-order valence-electron chi connectivity index (χ2n) is 2.96. The number of nitrogens with zero attached hydrogens (tertiary/aromatic N) is 2. The number of aromatic nitrogens is 1. The first-order valence-electron chi connectivity index (χ1n) is 3.95. The molecule has 0 aliphatic rings. The van der Waals surface area contributed by atoms with Crippen molar-refractivity contribution in [3.8, 4) is 0 Å². The normalized spacial score (nSPS) is 9.87. The van der Waals surface area contributed by atoms with E-state index < -0.39 is 12.0 Å². The van der Waals surface area contributed by atoms with Crippen molar-refractivity contribution in [1.29, 1.82) is 0 Å². The summed E-state index contributed by atoms with van der Waals surface area (Å²) >= 11 is 5.53. The molecule has 1 rings (SSSR count). The van der Waals surface area contributed by atoms with Crippen molar-refractivity contribution < 1.29 is 14.3 Å². The van der Waals surface area contributed by atoms with Gasteiger partial charge in [-0.1, -0.05) is 11.6 Å². The van der Waals surface area contributed by atoms with Gasteiger partial charge in [0.05, 0.1) is 5.69 Å². The fourth-order valence-corrected chi connectivity index (χ4v) is 1.06. The number of halogens is 2. The van der Waals surface area contributed by atoms with E-state index in [0.717, 1.165) is 0 Å². The zero-order chi connectivity index (χ0) is 11.6. The maximum atomic E-state index is 13.1. The van der Waals surface area contributed by atoms with Gasteiger partial charge in [0.2, 0.25) is 5.95 Å². The fraction of sp³-hybridized carbons (Fsp3) is 0.250. The molecule has 15 heavy (non-hydrogen) atoms. The molecule has 0 aliphatic carbocycles. The van der Waals surface area contributed by atoms with E-state index in [4.69, 9.17) is 16.7 Å². The van der Waals surface area contributed by atoms with Gasteiger partial charge in [0.15, 0.2) is 0 Å². The van der Waals surface area contributed by atoms with Gasteiger partial charge in [0.1, 0.15) is 10.8 Å². The Morgan fingerprint density at radius 3 is 2.73 bits per heavy atom. The Morgan fingerprint density at radius 1 is 1.67 bits per heavy atom. The summed E-state index contributed by atoms with van der Waals surface area (Å²) in [5.74, 6) is -0.632. The summed E-state index contributed by atoms with van der Waals surface area (Å²) in [5, 5.41) is 10.1. The van der Waals surface area contributed by atoms with E-state index in [1.54, 1.807) is 14.1 Å². The molecule has 0 spiro atoms. The van der Waals surface area contributed by atoms with Gasteiger partial charge in [-0.05, 0) is 0 Å². The van der Waals surface area contributed by atoms with Crippen LogP contribution in [-0.2, 0) is 0 Å². The molecular formula is C8H9ClFN3O2. The molecule has 0 bridgehead atoms. The SMILES string of the molecule is CN(C)c1cc(NC(=O)O)c(Cl)c(F)n1. The molecule has 0 atom stereocenters. The van der Waals surface area contributed by atoms with Crippen LogP contribution in [0.2, 0.25) is 5.02 Å². The Labute approximate surface area is 90.5 Å². The zero-order valence-corrected chi connectivity index (χ0v) is 8.84. The highest BCUT2D eigenvalue weighted by molar-refractivity contribution is 6.33. The molecule has 0 radical (unpaired) electrons. The van der Waals surface area contributed by atoms with Crippen LogP contribution in [0.5, 0.6) is 0 Å². The highest BCUT2D eigenvalue weighted by atomic mass is 35.5. The number of pyridine rings is 1. The third-order valence-corrected chi connectivity index (χ3v) is 1.96. The number of rotatable bonds is 2. The lowest BCUT2D eigenvalue weighted by Crippen LogP contribution is -2.14. The van der Waals surface area contributed by atoms with Crippen molar-refractivity contribution in [2.75, 3.05) is 24.3 Å². The monoisotopic (exact) mass is 233 g/mol. The third-order valence-electron chi connectivity index (χ3n) is 1.60. The molecule has 1 aromatic rings. The third kappa shape index (κ3) is 2.69. The molecular weight excluding hydrogens is 225 g/mol. The predicted molar refractivity (Wildman–Crippen MR) is 55.2 cm³/mol. The van der Waals surface area contributed by atoms with Gasteiger partial charge in [-0.2, -0.15) is 4.39 Å². The van der Waals surface area contributed by atoms with Crippen LogP contribution < -0.4 is 10.2 Å². The van der Waals surface area contributed by atoms with Crippen molar-refractivity contribution >= 4 is 29.2 Å². The molecule has 1 heterocycles. The molecule has 0 aliphatic heterocycles. The van der Waals surface area contributed by atoms with Gasteiger partial charge in [-0.3, -0.25) is 5.32 Å². The molecule has 0 saturated carbocycles. The van der Waals surface area contributed by atoms with Gasteiger partial charge in [-0.15, -0.1) is 0 Å². The Morgan fingerprint density at radius 2 is 2.27 bits per heavy atom. The average Bonchev–Trinajstić information content (AvgIpc) is 2.11. The zero-order valence-electron chi connectivity index (χ0n) is 8.08. The smallest absolute Gasteiger partial charge is 0.409 e. The molecule has 7 heteroatoms. The maximum Gasteiger partial charge on any atom is 0.409 e. The topological polar surface area (TPSA) is 65.5 Å². The standard InChI is InChI=1S/C8H9ClFN3O2/c1-13(2)5-3-4(11-8(14)15)6(9)7(10)12-5/h3H,1-2H3,(H,11,12)(H,14,15). The van der Waals surface area contributed by atoms with Crippen molar-refractivity contribution in [2.45, 2.75) is 0 Å². The minimum absolute atomic E-state index is 0.0274. The van der Waals surface area contributed by atoms with Crippen LogP contribution in [-0.4, -0.2) is 30.3 Å². The summed E-state index contributed by atoms with van der Waals surface area (Å²) in [6, 6.07) is 1.35. The van der Waals surface area contributed by atoms with Gasteiger partial charge in [-0.25, -0.2) is 9.78 Å². The van der Waals surface area contributed by atoms with E-state index in [-0.39, 0.29) is 16.5 Å². The summed E-state index contributed by atoms with van der Waals surface area (Å²) in [4.78, 5) is 15.5. The minimum Gasteiger partial charge on any atom is -0.465 e. The van der Waals surface area contributed by atoms with Crippen LogP contribution in [0.15, 0.2) is 6.07 Å². The van der Waals surface area contributed by atoms with Crippen molar-refractivity contribution in [1.82, 2.24) is 4.98 Å². The van der Waals surface area contributed by atoms with E-state index >= 15 is 0 Å². The number of carboxylic acid groups (broad SMARTS) is 1. The van der Waals surface area contributed by atoms with Crippen LogP contribution >= 0.6 is 11.6 Å². The first-order chi connectivity index (χ1) is 6.91. The first kappa shape index (κ1) is 11.5. The summed E-state index contributed by atoms with van der Waals surface area (Å²) in [6.45, 7) is 0. The lowest BCUT2D eigenvalue weighted by atomic mass is 10.3. The molecule has 82 valence electrons. The second kappa shape index (κ2) is 4.31. The van der Waals surface area contributed by atoms with Crippen LogP contribution in [0.4, 0.5) is 20.7 Å². The second-order valence-corrected chi connectivity index (χ2v) is 3.34. The van der Waals surface area contributed by atoms with E-state index in [9.17, 15) is 9.18 Å². The van der Waals surface area contributed by atoms with Crippen molar-refractivity contribution in [2.24, 2.45) is 0 Å². The lowest BCUT2D eigenvalue weighted by molar-refractivity contribution is 0.209. The molecule has 2 N–H and O–H groups in total. The molecule has 1 amide bonds. The minimum atomic E-state index is -1.31. The summed E-state index contributed by atoms with van der Waals surface area (Å²) in [6.07, 6.45) is -1.31. The first-order valence-corrected chi connectivity index (χ1v) is 4.33. The lowest BCUT2D eigenvalue weighted by Gasteiger charge is -2.13. The quantitative estimate of drug-likeness (QED) is 0.767. The van der Waals surface area contributed by atoms with Gasteiger partial charge in [0, 0.05) is 20.2 Å². The number of hydrogen-bond donors (Lipinski definition) is 2. The molecule has 0 fully saturated rings.